The van der Waals surface area contributed by atoms with Crippen LogP contribution in [0.2, 0.25) is 5.28 Å². The fraction of sp³-hybridized carbons (Fsp3) is 0.455. The lowest BCUT2D eigenvalue weighted by Crippen LogP contribution is -2.19. The van der Waals surface area contributed by atoms with E-state index in [2.05, 4.69) is 36.7 Å². The van der Waals surface area contributed by atoms with Gasteiger partial charge in [0.05, 0.1) is 5.39 Å². The van der Waals surface area contributed by atoms with Gasteiger partial charge in [-0.15, -0.1) is 0 Å². The zero-order valence-electron chi connectivity index (χ0n) is 9.07. The Balaban J connectivity index is 2.11. The van der Waals surface area contributed by atoms with Crippen molar-refractivity contribution in [2.45, 2.75) is 18.9 Å². The van der Waals surface area contributed by atoms with Crippen molar-refractivity contribution >= 4 is 38.6 Å². The Hall–Kier alpha value is -0.650. The Bertz CT molecular complexity index is 551. The van der Waals surface area contributed by atoms with Crippen LogP contribution >= 0.6 is 27.5 Å². The maximum Gasteiger partial charge on any atom is 0.224 e. The molecule has 6 heteroatoms. The smallest absolute Gasteiger partial charge is 0.224 e. The van der Waals surface area contributed by atoms with Crippen molar-refractivity contribution in [2.24, 2.45) is 0 Å². The summed E-state index contributed by atoms with van der Waals surface area (Å²) in [5.74, 6) is 0. The zero-order valence-corrected chi connectivity index (χ0v) is 11.4. The minimum absolute atomic E-state index is 0.288. The summed E-state index contributed by atoms with van der Waals surface area (Å²) in [6, 6.07) is 0.434. The third-order valence-corrected chi connectivity index (χ3v) is 3.89. The average molecular weight is 317 g/mol. The van der Waals surface area contributed by atoms with Crippen LogP contribution in [0.5, 0.6) is 0 Å². The molecule has 0 amide bonds. The molecule has 0 bridgehead atoms. The van der Waals surface area contributed by atoms with Crippen LogP contribution in [0, 0.1) is 0 Å². The van der Waals surface area contributed by atoms with Gasteiger partial charge in [0.2, 0.25) is 5.28 Å². The second-order valence-electron chi connectivity index (χ2n) is 4.10. The minimum Gasteiger partial charge on any atom is -0.381 e. The molecule has 3 rings (SSSR count). The van der Waals surface area contributed by atoms with Gasteiger partial charge in [0.15, 0.2) is 0 Å². The van der Waals surface area contributed by atoms with Crippen LogP contribution in [-0.4, -0.2) is 27.7 Å². The van der Waals surface area contributed by atoms with Crippen LogP contribution in [0.1, 0.15) is 18.9 Å². The van der Waals surface area contributed by atoms with Gasteiger partial charge in [-0.2, -0.15) is 4.98 Å². The Morgan fingerprint density at radius 1 is 1.41 bits per heavy atom. The summed E-state index contributed by atoms with van der Waals surface area (Å²) in [5, 5.41) is 1.29. The minimum atomic E-state index is 0.288. The molecule has 1 saturated heterocycles. The van der Waals surface area contributed by atoms with Crippen molar-refractivity contribution in [1.82, 2.24) is 14.5 Å². The second-order valence-corrected chi connectivity index (χ2v) is 5.30. The molecule has 0 atom stereocenters. The Morgan fingerprint density at radius 3 is 2.94 bits per heavy atom. The molecule has 2 aromatic rings. The van der Waals surface area contributed by atoms with Crippen LogP contribution in [-0.2, 0) is 4.74 Å². The highest BCUT2D eigenvalue weighted by Gasteiger charge is 2.19. The first kappa shape index (κ1) is 11.4. The van der Waals surface area contributed by atoms with E-state index in [0.717, 1.165) is 41.6 Å². The molecule has 1 aliphatic rings. The van der Waals surface area contributed by atoms with E-state index < -0.39 is 0 Å². The SMILES string of the molecule is Clc1ncc2c(Br)cn(C3CCOCC3)c2n1. The molecule has 0 unspecified atom stereocenters. The van der Waals surface area contributed by atoms with E-state index in [1.807, 2.05) is 0 Å². The normalized spacial score (nSPS) is 17.8. The highest BCUT2D eigenvalue weighted by Crippen LogP contribution is 2.31. The summed E-state index contributed by atoms with van der Waals surface area (Å²) < 4.78 is 8.57. The van der Waals surface area contributed by atoms with Crippen molar-refractivity contribution < 1.29 is 4.74 Å². The van der Waals surface area contributed by atoms with E-state index in [1.54, 1.807) is 6.20 Å². The zero-order chi connectivity index (χ0) is 11.8. The molecule has 0 N–H and O–H groups in total. The Morgan fingerprint density at radius 2 is 2.18 bits per heavy atom. The molecular formula is C11H11BrClN3O. The summed E-state index contributed by atoms with van der Waals surface area (Å²) in [6.45, 7) is 1.61. The Kier molecular flexibility index (Phi) is 3.06. The standard InChI is InChI=1S/C11H11BrClN3O/c12-9-6-16(7-1-3-17-4-2-7)10-8(9)5-14-11(13)15-10/h5-7H,1-4H2. The highest BCUT2D eigenvalue weighted by atomic mass is 79.9. The van der Waals surface area contributed by atoms with Crippen molar-refractivity contribution in [2.75, 3.05) is 13.2 Å². The summed E-state index contributed by atoms with van der Waals surface area (Å²) in [6.07, 6.45) is 5.84. The summed E-state index contributed by atoms with van der Waals surface area (Å²) >= 11 is 9.40. The molecule has 17 heavy (non-hydrogen) atoms. The van der Waals surface area contributed by atoms with Gasteiger partial charge < -0.3 is 9.30 Å². The molecule has 0 aromatic carbocycles. The summed E-state index contributed by atoms with van der Waals surface area (Å²) in [4.78, 5) is 8.33. The molecular weight excluding hydrogens is 305 g/mol. The third-order valence-electron chi connectivity index (χ3n) is 3.08. The van der Waals surface area contributed by atoms with E-state index in [0.29, 0.717) is 6.04 Å². The maximum absolute atomic E-state index is 5.86. The van der Waals surface area contributed by atoms with Gasteiger partial charge in [-0.25, -0.2) is 4.98 Å². The molecule has 3 heterocycles. The molecule has 0 spiro atoms. The molecule has 1 fully saturated rings. The highest BCUT2D eigenvalue weighted by molar-refractivity contribution is 9.10. The van der Waals surface area contributed by atoms with Gasteiger partial charge in [-0.1, -0.05) is 0 Å². The van der Waals surface area contributed by atoms with Gasteiger partial charge in [0.25, 0.3) is 0 Å². The van der Waals surface area contributed by atoms with Crippen molar-refractivity contribution in [1.29, 1.82) is 0 Å². The lowest BCUT2D eigenvalue weighted by Gasteiger charge is -2.23. The monoisotopic (exact) mass is 315 g/mol. The average Bonchev–Trinajstić information content (AvgIpc) is 2.67. The topological polar surface area (TPSA) is 39.9 Å². The summed E-state index contributed by atoms with van der Waals surface area (Å²) in [7, 11) is 0. The first-order valence-corrected chi connectivity index (χ1v) is 6.69. The largest absolute Gasteiger partial charge is 0.381 e. The number of nitrogens with zero attached hydrogens (tertiary/aromatic N) is 3. The molecule has 0 radical (unpaired) electrons. The van der Waals surface area contributed by atoms with Crippen LogP contribution < -0.4 is 0 Å². The van der Waals surface area contributed by atoms with E-state index in [-0.39, 0.29) is 5.28 Å². The first-order chi connectivity index (χ1) is 8.25. The van der Waals surface area contributed by atoms with E-state index in [4.69, 9.17) is 16.3 Å². The van der Waals surface area contributed by atoms with Crippen LogP contribution in [0.15, 0.2) is 16.9 Å². The van der Waals surface area contributed by atoms with Crippen molar-refractivity contribution in [3.8, 4) is 0 Å². The first-order valence-electron chi connectivity index (χ1n) is 5.52. The van der Waals surface area contributed by atoms with Crippen molar-refractivity contribution in [3.63, 3.8) is 0 Å². The van der Waals surface area contributed by atoms with E-state index >= 15 is 0 Å². The third kappa shape index (κ3) is 2.07. The molecule has 1 aliphatic heterocycles. The van der Waals surface area contributed by atoms with Crippen LogP contribution in [0.4, 0.5) is 0 Å². The lowest BCUT2D eigenvalue weighted by molar-refractivity contribution is 0.0706. The van der Waals surface area contributed by atoms with Gasteiger partial charge >= 0.3 is 0 Å². The van der Waals surface area contributed by atoms with E-state index in [1.165, 1.54) is 0 Å². The Labute approximate surface area is 112 Å². The van der Waals surface area contributed by atoms with Crippen LogP contribution in [0.3, 0.4) is 0 Å². The molecule has 4 nitrogen and oxygen atoms in total. The quantitative estimate of drug-likeness (QED) is 0.759. The summed E-state index contributed by atoms with van der Waals surface area (Å²) in [5.41, 5.74) is 0.892. The second kappa shape index (κ2) is 4.55. The number of aromatic nitrogens is 3. The number of hydrogen-bond acceptors (Lipinski definition) is 3. The predicted molar refractivity (Wildman–Crippen MR) is 69.3 cm³/mol. The molecule has 2 aromatic heterocycles. The van der Waals surface area contributed by atoms with Gasteiger partial charge in [0, 0.05) is 36.1 Å². The van der Waals surface area contributed by atoms with Gasteiger partial charge in [-0.05, 0) is 40.4 Å². The van der Waals surface area contributed by atoms with E-state index in [9.17, 15) is 0 Å². The lowest BCUT2D eigenvalue weighted by atomic mass is 10.1. The molecule has 90 valence electrons. The predicted octanol–water partition coefficient (Wildman–Crippen LogP) is 3.20. The number of rotatable bonds is 1. The van der Waals surface area contributed by atoms with Gasteiger partial charge in [0.1, 0.15) is 5.65 Å². The fourth-order valence-corrected chi connectivity index (χ4v) is 2.84. The molecule has 0 saturated carbocycles. The maximum atomic E-state index is 5.86. The molecule has 0 aliphatic carbocycles. The van der Waals surface area contributed by atoms with Crippen LogP contribution in [0.25, 0.3) is 11.0 Å². The fourth-order valence-electron chi connectivity index (χ4n) is 2.21. The number of fused-ring (bicyclic) bond motifs is 1. The van der Waals surface area contributed by atoms with Gasteiger partial charge in [-0.3, -0.25) is 0 Å². The number of ether oxygens (including phenoxy) is 1. The number of hydrogen-bond donors (Lipinski definition) is 0. The number of halogens is 2. The van der Waals surface area contributed by atoms with Crippen molar-refractivity contribution in [3.05, 3.63) is 22.1 Å².